The second-order valence-electron chi connectivity index (χ2n) is 4.09. The van der Waals surface area contributed by atoms with Crippen molar-refractivity contribution in [2.24, 2.45) is 5.73 Å². The zero-order chi connectivity index (χ0) is 13.7. The summed E-state index contributed by atoms with van der Waals surface area (Å²) in [5.74, 6) is 1.51. The zero-order valence-corrected chi connectivity index (χ0v) is 11.4. The third-order valence-electron chi connectivity index (χ3n) is 2.85. The number of ether oxygens (including phenoxy) is 2. The Morgan fingerprint density at radius 3 is 2.11 bits per heavy atom. The average Bonchev–Trinajstić information content (AvgIpc) is 2.94. The maximum Gasteiger partial charge on any atom is 0.163 e. The maximum atomic E-state index is 5.84. The van der Waals surface area contributed by atoms with Gasteiger partial charge < -0.3 is 19.8 Å². The van der Waals surface area contributed by atoms with Gasteiger partial charge in [0.2, 0.25) is 0 Å². The highest BCUT2D eigenvalue weighted by atomic mass is 16.5. The van der Waals surface area contributed by atoms with Gasteiger partial charge in [-0.1, -0.05) is 0 Å². The Hall–Kier alpha value is -1.94. The van der Waals surface area contributed by atoms with E-state index in [0.29, 0.717) is 19.8 Å². The smallest absolute Gasteiger partial charge is 0.163 e. The summed E-state index contributed by atoms with van der Waals surface area (Å²) in [6.45, 7) is 5.58. The number of aromatic nitrogens is 1. The highest BCUT2D eigenvalue weighted by molar-refractivity contribution is 5.54. The fourth-order valence-corrected chi connectivity index (χ4v) is 2.03. The topological polar surface area (TPSA) is 49.4 Å². The normalized spacial score (nSPS) is 10.5. The van der Waals surface area contributed by atoms with Crippen molar-refractivity contribution in [3.05, 3.63) is 42.2 Å². The van der Waals surface area contributed by atoms with Crippen molar-refractivity contribution in [2.75, 3.05) is 13.2 Å². The molecule has 1 aromatic heterocycles. The summed E-state index contributed by atoms with van der Waals surface area (Å²) in [4.78, 5) is 0. The minimum absolute atomic E-state index is 0.458. The van der Waals surface area contributed by atoms with E-state index in [1.165, 1.54) is 0 Å². The van der Waals surface area contributed by atoms with E-state index in [4.69, 9.17) is 15.2 Å². The molecule has 4 heteroatoms. The molecule has 0 bridgehead atoms. The first-order chi connectivity index (χ1) is 9.30. The first-order valence-corrected chi connectivity index (χ1v) is 6.56. The lowest BCUT2D eigenvalue weighted by Crippen LogP contribution is -2.06. The molecule has 0 spiro atoms. The molecule has 0 unspecified atom stereocenters. The summed E-state index contributed by atoms with van der Waals surface area (Å²) in [7, 11) is 0. The molecule has 0 aliphatic carbocycles. The number of hydrogen-bond acceptors (Lipinski definition) is 3. The van der Waals surface area contributed by atoms with Crippen LogP contribution in [0.2, 0.25) is 0 Å². The molecule has 0 fully saturated rings. The van der Waals surface area contributed by atoms with Gasteiger partial charge in [0, 0.05) is 25.0 Å². The summed E-state index contributed by atoms with van der Waals surface area (Å²) in [5.41, 5.74) is 7.89. The number of nitrogens with two attached hydrogens (primary N) is 1. The molecule has 2 rings (SSSR count). The molecule has 0 saturated carbocycles. The lowest BCUT2D eigenvalue weighted by molar-refractivity contribution is 0.287. The van der Waals surface area contributed by atoms with Crippen molar-refractivity contribution in [3.63, 3.8) is 0 Å². The molecule has 0 aliphatic heterocycles. The van der Waals surface area contributed by atoms with E-state index in [2.05, 4.69) is 0 Å². The predicted molar refractivity (Wildman–Crippen MR) is 76.0 cm³/mol. The Balaban J connectivity index is 2.50. The summed E-state index contributed by atoms with van der Waals surface area (Å²) in [6, 6.07) is 7.91. The number of nitrogens with zero attached hydrogens (tertiary/aromatic N) is 1. The van der Waals surface area contributed by atoms with Crippen LogP contribution in [-0.2, 0) is 6.54 Å². The summed E-state index contributed by atoms with van der Waals surface area (Å²) < 4.78 is 13.3. The highest BCUT2D eigenvalue weighted by Crippen LogP contribution is 2.33. The molecule has 0 saturated heterocycles. The maximum absolute atomic E-state index is 5.84. The van der Waals surface area contributed by atoms with Crippen LogP contribution in [0.4, 0.5) is 0 Å². The van der Waals surface area contributed by atoms with Gasteiger partial charge in [-0.2, -0.15) is 0 Å². The quantitative estimate of drug-likeness (QED) is 0.868. The Morgan fingerprint density at radius 2 is 1.58 bits per heavy atom. The first-order valence-electron chi connectivity index (χ1n) is 6.56. The van der Waals surface area contributed by atoms with Crippen LogP contribution in [0.1, 0.15) is 19.4 Å². The highest BCUT2D eigenvalue weighted by Gasteiger charge is 2.12. The fraction of sp³-hybridized carbons (Fsp3) is 0.333. The Bertz CT molecular complexity index is 521. The lowest BCUT2D eigenvalue weighted by Gasteiger charge is -2.16. The van der Waals surface area contributed by atoms with Crippen molar-refractivity contribution < 1.29 is 9.47 Å². The molecule has 1 aromatic carbocycles. The van der Waals surface area contributed by atoms with Gasteiger partial charge in [0.15, 0.2) is 11.5 Å². The van der Waals surface area contributed by atoms with Crippen LogP contribution in [0.3, 0.4) is 0 Å². The fourth-order valence-electron chi connectivity index (χ4n) is 2.03. The van der Waals surface area contributed by atoms with E-state index in [1.807, 2.05) is 55.1 Å². The van der Waals surface area contributed by atoms with Gasteiger partial charge in [-0.25, -0.2) is 0 Å². The van der Waals surface area contributed by atoms with Crippen molar-refractivity contribution >= 4 is 0 Å². The summed E-state index contributed by atoms with van der Waals surface area (Å²) in [6.07, 6.45) is 3.98. The van der Waals surface area contributed by atoms with Crippen LogP contribution in [0.25, 0.3) is 5.69 Å². The van der Waals surface area contributed by atoms with Crippen molar-refractivity contribution in [3.8, 4) is 17.2 Å². The molecule has 0 radical (unpaired) electrons. The number of hydrogen-bond donors (Lipinski definition) is 1. The number of benzene rings is 1. The minimum Gasteiger partial charge on any atom is -0.490 e. The molecule has 0 amide bonds. The van der Waals surface area contributed by atoms with Gasteiger partial charge in [-0.05, 0) is 37.6 Å². The molecule has 2 N–H and O–H groups in total. The van der Waals surface area contributed by atoms with E-state index >= 15 is 0 Å². The van der Waals surface area contributed by atoms with Gasteiger partial charge >= 0.3 is 0 Å². The average molecular weight is 260 g/mol. The Labute approximate surface area is 113 Å². The molecule has 1 heterocycles. The molecule has 102 valence electrons. The van der Waals surface area contributed by atoms with Gasteiger partial charge in [0.05, 0.1) is 18.9 Å². The standard InChI is InChI=1S/C15H20N2O2/c1-3-18-14-9-12(11-16)13(10-15(14)19-4-2)17-7-5-6-8-17/h5-10H,3-4,11,16H2,1-2H3. The summed E-state index contributed by atoms with van der Waals surface area (Å²) >= 11 is 0. The largest absolute Gasteiger partial charge is 0.490 e. The van der Waals surface area contributed by atoms with Crippen molar-refractivity contribution in [2.45, 2.75) is 20.4 Å². The van der Waals surface area contributed by atoms with Crippen LogP contribution in [0.5, 0.6) is 11.5 Å². The van der Waals surface area contributed by atoms with Gasteiger partial charge in [-0.3, -0.25) is 0 Å². The minimum atomic E-state index is 0.458. The van der Waals surface area contributed by atoms with Crippen LogP contribution in [0.15, 0.2) is 36.7 Å². The van der Waals surface area contributed by atoms with Gasteiger partial charge in [0.25, 0.3) is 0 Å². The van der Waals surface area contributed by atoms with Crippen molar-refractivity contribution in [1.29, 1.82) is 0 Å². The zero-order valence-electron chi connectivity index (χ0n) is 11.4. The van der Waals surface area contributed by atoms with E-state index in [9.17, 15) is 0 Å². The second kappa shape index (κ2) is 6.29. The number of rotatable bonds is 6. The molecule has 2 aromatic rings. The van der Waals surface area contributed by atoms with Crippen LogP contribution < -0.4 is 15.2 Å². The van der Waals surface area contributed by atoms with Crippen LogP contribution >= 0.6 is 0 Å². The van der Waals surface area contributed by atoms with E-state index in [-0.39, 0.29) is 0 Å². The molecule has 0 atom stereocenters. The lowest BCUT2D eigenvalue weighted by atomic mass is 10.1. The van der Waals surface area contributed by atoms with Gasteiger partial charge in [0.1, 0.15) is 0 Å². The third kappa shape index (κ3) is 2.90. The van der Waals surface area contributed by atoms with E-state index < -0.39 is 0 Å². The SMILES string of the molecule is CCOc1cc(CN)c(-n2cccc2)cc1OCC. The van der Waals surface area contributed by atoms with Crippen LogP contribution in [0, 0.1) is 0 Å². The molecule has 19 heavy (non-hydrogen) atoms. The third-order valence-corrected chi connectivity index (χ3v) is 2.85. The van der Waals surface area contributed by atoms with E-state index in [0.717, 1.165) is 22.7 Å². The monoisotopic (exact) mass is 260 g/mol. The Morgan fingerprint density at radius 1 is 1.00 bits per heavy atom. The molecule has 4 nitrogen and oxygen atoms in total. The molecular weight excluding hydrogens is 240 g/mol. The predicted octanol–water partition coefficient (Wildman–Crippen LogP) is 2.73. The van der Waals surface area contributed by atoms with Crippen LogP contribution in [-0.4, -0.2) is 17.8 Å². The van der Waals surface area contributed by atoms with E-state index in [1.54, 1.807) is 0 Å². The summed E-state index contributed by atoms with van der Waals surface area (Å²) in [5, 5.41) is 0. The van der Waals surface area contributed by atoms with Crippen molar-refractivity contribution in [1.82, 2.24) is 4.57 Å². The Kier molecular flexibility index (Phi) is 4.47. The second-order valence-corrected chi connectivity index (χ2v) is 4.09. The first kappa shape index (κ1) is 13.5. The molecule has 0 aliphatic rings. The molecular formula is C15H20N2O2. The van der Waals surface area contributed by atoms with Gasteiger partial charge in [-0.15, -0.1) is 0 Å².